The molecular formula is C12H14O2. The second kappa shape index (κ2) is 4.61. The summed E-state index contributed by atoms with van der Waals surface area (Å²) in [6, 6.07) is 7.52. The van der Waals surface area contributed by atoms with Gasteiger partial charge in [-0.15, -0.1) is 0 Å². The van der Waals surface area contributed by atoms with Gasteiger partial charge in [-0.1, -0.05) is 38.6 Å². The van der Waals surface area contributed by atoms with E-state index in [4.69, 9.17) is 4.74 Å². The van der Waals surface area contributed by atoms with Gasteiger partial charge in [-0.25, -0.2) is 4.79 Å². The zero-order valence-electron chi connectivity index (χ0n) is 8.49. The molecule has 1 aromatic carbocycles. The summed E-state index contributed by atoms with van der Waals surface area (Å²) in [5.41, 5.74) is 1.03. The van der Waals surface area contributed by atoms with Crippen molar-refractivity contribution in [1.82, 2.24) is 0 Å². The maximum absolute atomic E-state index is 11.0. The SMILES string of the molecule is C=CC(=O)Oc1ccccc1C(C)C. The summed E-state index contributed by atoms with van der Waals surface area (Å²) in [5.74, 6) is 0.536. The van der Waals surface area contributed by atoms with Crippen molar-refractivity contribution in [2.24, 2.45) is 0 Å². The Kier molecular flexibility index (Phi) is 3.46. The van der Waals surface area contributed by atoms with Gasteiger partial charge in [0.15, 0.2) is 0 Å². The second-order valence-electron chi connectivity index (χ2n) is 3.32. The number of hydrogen-bond acceptors (Lipinski definition) is 2. The number of para-hydroxylation sites is 1. The molecular weight excluding hydrogens is 176 g/mol. The zero-order chi connectivity index (χ0) is 10.6. The average molecular weight is 190 g/mol. The van der Waals surface area contributed by atoms with Crippen LogP contribution in [0.25, 0.3) is 0 Å². The largest absolute Gasteiger partial charge is 0.423 e. The van der Waals surface area contributed by atoms with Crippen LogP contribution in [0.1, 0.15) is 25.3 Å². The van der Waals surface area contributed by atoms with Gasteiger partial charge in [-0.3, -0.25) is 0 Å². The van der Waals surface area contributed by atoms with Crippen LogP contribution in [0.2, 0.25) is 0 Å². The van der Waals surface area contributed by atoms with Crippen LogP contribution >= 0.6 is 0 Å². The number of carbonyl (C=O) groups excluding carboxylic acids is 1. The van der Waals surface area contributed by atoms with E-state index in [-0.39, 0.29) is 0 Å². The molecule has 0 aromatic heterocycles. The minimum absolute atomic E-state index is 0.337. The monoisotopic (exact) mass is 190 g/mol. The number of hydrogen-bond donors (Lipinski definition) is 0. The van der Waals surface area contributed by atoms with Crippen molar-refractivity contribution < 1.29 is 9.53 Å². The van der Waals surface area contributed by atoms with Gasteiger partial charge in [0.2, 0.25) is 0 Å². The van der Waals surface area contributed by atoms with Crippen molar-refractivity contribution in [3.05, 3.63) is 42.5 Å². The average Bonchev–Trinajstić information content (AvgIpc) is 2.18. The molecule has 0 aliphatic heterocycles. The van der Waals surface area contributed by atoms with Gasteiger partial charge in [0, 0.05) is 6.08 Å². The Morgan fingerprint density at radius 1 is 1.43 bits per heavy atom. The Bertz CT molecular complexity index is 340. The highest BCUT2D eigenvalue weighted by Gasteiger charge is 2.08. The van der Waals surface area contributed by atoms with E-state index in [1.165, 1.54) is 0 Å². The number of benzene rings is 1. The summed E-state index contributed by atoms with van der Waals surface area (Å²) >= 11 is 0. The molecule has 0 spiro atoms. The fraction of sp³-hybridized carbons (Fsp3) is 0.250. The van der Waals surface area contributed by atoms with Crippen molar-refractivity contribution in [3.63, 3.8) is 0 Å². The first-order valence-electron chi connectivity index (χ1n) is 4.58. The molecule has 2 nitrogen and oxygen atoms in total. The third-order valence-corrected chi connectivity index (χ3v) is 1.92. The first-order valence-corrected chi connectivity index (χ1v) is 4.58. The first kappa shape index (κ1) is 10.5. The fourth-order valence-electron chi connectivity index (χ4n) is 1.20. The van der Waals surface area contributed by atoms with Crippen LogP contribution in [0.15, 0.2) is 36.9 Å². The molecule has 0 aliphatic carbocycles. The van der Waals surface area contributed by atoms with Crippen molar-refractivity contribution in [3.8, 4) is 5.75 Å². The number of carbonyl (C=O) groups is 1. The molecule has 0 radical (unpaired) electrons. The Labute approximate surface area is 84.2 Å². The van der Waals surface area contributed by atoms with E-state index in [1.54, 1.807) is 6.07 Å². The lowest BCUT2D eigenvalue weighted by atomic mass is 10.0. The number of esters is 1. The second-order valence-corrected chi connectivity index (χ2v) is 3.32. The van der Waals surface area contributed by atoms with Gasteiger partial charge in [0.1, 0.15) is 5.75 Å². The van der Waals surface area contributed by atoms with Crippen LogP contribution < -0.4 is 4.74 Å². The predicted octanol–water partition coefficient (Wildman–Crippen LogP) is 2.90. The van der Waals surface area contributed by atoms with E-state index in [0.29, 0.717) is 11.7 Å². The van der Waals surface area contributed by atoms with Gasteiger partial charge in [-0.2, -0.15) is 0 Å². The van der Waals surface area contributed by atoms with Gasteiger partial charge in [-0.05, 0) is 17.5 Å². The molecule has 0 unspecified atom stereocenters. The molecule has 1 rings (SSSR count). The van der Waals surface area contributed by atoms with Crippen molar-refractivity contribution in [2.45, 2.75) is 19.8 Å². The molecule has 0 saturated heterocycles. The van der Waals surface area contributed by atoms with E-state index < -0.39 is 5.97 Å². The first-order chi connectivity index (χ1) is 6.65. The standard InChI is InChI=1S/C12H14O2/c1-4-12(13)14-11-8-6-5-7-10(11)9(2)3/h4-9H,1H2,2-3H3. The Hall–Kier alpha value is -1.57. The molecule has 74 valence electrons. The van der Waals surface area contributed by atoms with Gasteiger partial charge in [0.05, 0.1) is 0 Å². The lowest BCUT2D eigenvalue weighted by molar-refractivity contribution is -0.129. The van der Waals surface area contributed by atoms with Crippen LogP contribution in [0.3, 0.4) is 0 Å². The highest BCUT2D eigenvalue weighted by atomic mass is 16.5. The third kappa shape index (κ3) is 2.46. The van der Waals surface area contributed by atoms with E-state index in [0.717, 1.165) is 11.6 Å². The van der Waals surface area contributed by atoms with Gasteiger partial charge < -0.3 is 4.74 Å². The van der Waals surface area contributed by atoms with Crippen LogP contribution in [-0.2, 0) is 4.79 Å². The summed E-state index contributed by atoms with van der Waals surface area (Å²) in [6.07, 6.45) is 1.16. The van der Waals surface area contributed by atoms with Crippen LogP contribution in [0.5, 0.6) is 5.75 Å². The highest BCUT2D eigenvalue weighted by Crippen LogP contribution is 2.25. The Balaban J connectivity index is 2.95. The quantitative estimate of drug-likeness (QED) is 0.416. The normalized spacial score (nSPS) is 9.93. The molecule has 0 fully saturated rings. The maximum atomic E-state index is 11.0. The van der Waals surface area contributed by atoms with Crippen LogP contribution in [-0.4, -0.2) is 5.97 Å². The topological polar surface area (TPSA) is 26.3 Å². The zero-order valence-corrected chi connectivity index (χ0v) is 8.49. The Morgan fingerprint density at radius 3 is 2.64 bits per heavy atom. The maximum Gasteiger partial charge on any atom is 0.335 e. The molecule has 0 saturated carbocycles. The fourth-order valence-corrected chi connectivity index (χ4v) is 1.20. The molecule has 0 aliphatic rings. The predicted molar refractivity (Wildman–Crippen MR) is 56.4 cm³/mol. The smallest absolute Gasteiger partial charge is 0.335 e. The molecule has 0 bridgehead atoms. The van der Waals surface area contributed by atoms with E-state index in [9.17, 15) is 4.79 Å². The molecule has 0 amide bonds. The lowest BCUT2D eigenvalue weighted by Gasteiger charge is -2.10. The molecule has 0 heterocycles. The summed E-state index contributed by atoms with van der Waals surface area (Å²) < 4.78 is 5.10. The summed E-state index contributed by atoms with van der Waals surface area (Å²) in [5, 5.41) is 0. The summed E-state index contributed by atoms with van der Waals surface area (Å²) in [6.45, 7) is 7.47. The molecule has 1 aromatic rings. The third-order valence-electron chi connectivity index (χ3n) is 1.92. The van der Waals surface area contributed by atoms with E-state index >= 15 is 0 Å². The minimum atomic E-state index is -0.418. The molecule has 2 heteroatoms. The van der Waals surface area contributed by atoms with Crippen LogP contribution in [0.4, 0.5) is 0 Å². The number of rotatable bonds is 3. The van der Waals surface area contributed by atoms with Crippen molar-refractivity contribution in [2.75, 3.05) is 0 Å². The van der Waals surface area contributed by atoms with Crippen LogP contribution in [0, 0.1) is 0 Å². The van der Waals surface area contributed by atoms with Crippen molar-refractivity contribution >= 4 is 5.97 Å². The summed E-state index contributed by atoms with van der Waals surface area (Å²) in [7, 11) is 0. The van der Waals surface area contributed by atoms with Gasteiger partial charge in [0.25, 0.3) is 0 Å². The highest BCUT2D eigenvalue weighted by molar-refractivity contribution is 5.83. The molecule has 14 heavy (non-hydrogen) atoms. The van der Waals surface area contributed by atoms with Crippen molar-refractivity contribution in [1.29, 1.82) is 0 Å². The summed E-state index contributed by atoms with van der Waals surface area (Å²) in [4.78, 5) is 11.0. The van der Waals surface area contributed by atoms with Gasteiger partial charge >= 0.3 is 5.97 Å². The lowest BCUT2D eigenvalue weighted by Crippen LogP contribution is -2.05. The van der Waals surface area contributed by atoms with E-state index in [1.807, 2.05) is 18.2 Å². The molecule has 0 N–H and O–H groups in total. The van der Waals surface area contributed by atoms with E-state index in [2.05, 4.69) is 20.4 Å². The number of ether oxygens (including phenoxy) is 1. The minimum Gasteiger partial charge on any atom is -0.423 e. The Morgan fingerprint density at radius 2 is 2.07 bits per heavy atom. The molecule has 0 atom stereocenters.